The summed E-state index contributed by atoms with van der Waals surface area (Å²) in [5.74, 6) is 0. The molecule has 282 valence electrons. The Morgan fingerprint density at radius 1 is 0.167 bits per heavy atom. The highest BCUT2D eigenvalue weighted by Gasteiger charge is 2.16. The van der Waals surface area contributed by atoms with Crippen LogP contribution in [0.25, 0.3) is 100 Å². The summed E-state index contributed by atoms with van der Waals surface area (Å²) in [5, 5.41) is 0. The molecule has 0 aliphatic heterocycles. The average molecular weight is 765 g/mol. The van der Waals surface area contributed by atoms with Gasteiger partial charge in [0.1, 0.15) is 0 Å². The molecule has 0 amide bonds. The summed E-state index contributed by atoms with van der Waals surface area (Å²) < 4.78 is 0. The molecule has 0 unspecified atom stereocenters. The Kier molecular flexibility index (Phi) is 10.0. The van der Waals surface area contributed by atoms with Crippen molar-refractivity contribution in [3.8, 4) is 100 Å². The Morgan fingerprint density at radius 2 is 0.433 bits per heavy atom. The second-order valence-electron chi connectivity index (χ2n) is 15.1. The van der Waals surface area contributed by atoms with E-state index in [0.717, 1.165) is 55.6 Å². The minimum absolute atomic E-state index is 1.12. The van der Waals surface area contributed by atoms with Gasteiger partial charge in [0.25, 0.3) is 0 Å². The van der Waals surface area contributed by atoms with Crippen LogP contribution in [0.3, 0.4) is 0 Å². The fourth-order valence-electron chi connectivity index (χ4n) is 8.24. The highest BCUT2D eigenvalue weighted by Crippen LogP contribution is 2.42. The maximum atomic E-state index is 4.32. The largest absolute Gasteiger partial charge is 0.265 e. The van der Waals surface area contributed by atoms with Crippen LogP contribution in [0.1, 0.15) is 0 Å². The molecule has 2 heteroatoms. The lowest BCUT2D eigenvalue weighted by Gasteiger charge is -2.17. The summed E-state index contributed by atoms with van der Waals surface area (Å²) in [5.41, 5.74) is 20.9. The van der Waals surface area contributed by atoms with E-state index in [1.54, 1.807) is 0 Å². The summed E-state index contributed by atoms with van der Waals surface area (Å²) >= 11 is 0. The van der Waals surface area contributed by atoms with Gasteiger partial charge >= 0.3 is 0 Å². The first-order valence-electron chi connectivity index (χ1n) is 20.4. The van der Waals surface area contributed by atoms with Crippen LogP contribution in [0, 0.1) is 0 Å². The molecule has 10 rings (SSSR count). The minimum Gasteiger partial charge on any atom is -0.265 e. The van der Waals surface area contributed by atoms with Gasteiger partial charge in [-0.15, -0.1) is 0 Å². The van der Waals surface area contributed by atoms with E-state index in [-0.39, 0.29) is 0 Å². The zero-order chi connectivity index (χ0) is 40.1. The topological polar surface area (TPSA) is 25.8 Å². The third-order valence-corrected chi connectivity index (χ3v) is 11.3. The van der Waals surface area contributed by atoms with Crippen molar-refractivity contribution in [2.45, 2.75) is 0 Å². The number of rotatable bonds is 9. The molecule has 60 heavy (non-hydrogen) atoms. The van der Waals surface area contributed by atoms with Crippen molar-refractivity contribution < 1.29 is 0 Å². The number of hydrogen-bond acceptors (Lipinski definition) is 2. The molecule has 8 aromatic carbocycles. The molecule has 0 spiro atoms. The number of aromatic nitrogens is 2. The molecule has 0 saturated carbocycles. The van der Waals surface area contributed by atoms with Crippen LogP contribution in [-0.2, 0) is 0 Å². The Hall–Kier alpha value is -7.94. The van der Waals surface area contributed by atoms with Gasteiger partial charge in [-0.25, -0.2) is 0 Å². The Bertz CT molecular complexity index is 2830. The van der Waals surface area contributed by atoms with Crippen LogP contribution in [0.15, 0.2) is 243 Å². The fourth-order valence-corrected chi connectivity index (χ4v) is 8.24. The number of benzene rings is 8. The van der Waals surface area contributed by atoms with E-state index >= 15 is 0 Å². The van der Waals surface area contributed by atoms with Crippen molar-refractivity contribution in [2.75, 3.05) is 0 Å². The summed E-state index contributed by atoms with van der Waals surface area (Å²) in [7, 11) is 0. The number of hydrogen-bond donors (Lipinski definition) is 0. The molecular formula is C58H40N2. The quantitative estimate of drug-likeness (QED) is 0.146. The van der Waals surface area contributed by atoms with E-state index in [2.05, 4.69) is 228 Å². The van der Waals surface area contributed by atoms with Crippen molar-refractivity contribution in [2.24, 2.45) is 0 Å². The van der Waals surface area contributed by atoms with Crippen LogP contribution in [0.2, 0.25) is 0 Å². The molecule has 2 aromatic heterocycles. The first-order valence-corrected chi connectivity index (χ1v) is 20.4. The van der Waals surface area contributed by atoms with Crippen LogP contribution >= 0.6 is 0 Å². The van der Waals surface area contributed by atoms with Gasteiger partial charge in [0.15, 0.2) is 0 Å². The van der Waals surface area contributed by atoms with E-state index in [1.807, 2.05) is 24.8 Å². The molecule has 0 N–H and O–H groups in total. The first kappa shape index (κ1) is 36.4. The van der Waals surface area contributed by atoms with Crippen molar-refractivity contribution in [1.29, 1.82) is 0 Å². The van der Waals surface area contributed by atoms with Crippen molar-refractivity contribution in [3.05, 3.63) is 243 Å². The maximum absolute atomic E-state index is 4.32. The summed E-state index contributed by atoms with van der Waals surface area (Å²) in [6.45, 7) is 0. The lowest BCUT2D eigenvalue weighted by molar-refractivity contribution is 1.33. The fraction of sp³-hybridized carbons (Fsp3) is 0. The SMILES string of the molecule is c1ccc(-c2ccc(-c3cc(-c4cc(-c5ccncc5)cc(-c5ccncc5)c4)cc(-c4ccc(-c5ccccc5)c(-c5ccccc5)c4)c3)cc2-c2ccccc2)cc1. The zero-order valence-corrected chi connectivity index (χ0v) is 33.0. The predicted octanol–water partition coefficient (Wildman–Crippen LogP) is 15.5. The van der Waals surface area contributed by atoms with Crippen molar-refractivity contribution >= 4 is 0 Å². The lowest BCUT2D eigenvalue weighted by atomic mass is 9.87. The van der Waals surface area contributed by atoms with Gasteiger partial charge in [0, 0.05) is 24.8 Å². The molecule has 2 heterocycles. The smallest absolute Gasteiger partial charge is 0.0273 e. The standard InChI is InChI=1S/C58H40N2/c1-5-13-43(14-6-1)55-23-21-47(39-57(55)45-17-9-3-10-18-45)51-36-52(48-22-24-56(44-15-7-2-8-16-44)58(40-48)46-19-11-4-12-20-46)38-54(37-51)53-34-49(41-25-29-59-30-26-41)33-50(35-53)42-27-31-60-32-28-42/h1-40H. The van der Waals surface area contributed by atoms with E-state index in [4.69, 9.17) is 0 Å². The second-order valence-corrected chi connectivity index (χ2v) is 15.1. The third-order valence-electron chi connectivity index (χ3n) is 11.3. The number of nitrogens with zero attached hydrogens (tertiary/aromatic N) is 2. The van der Waals surface area contributed by atoms with Gasteiger partial charge in [0.05, 0.1) is 0 Å². The summed E-state index contributed by atoms with van der Waals surface area (Å²) in [6.07, 6.45) is 7.44. The average Bonchev–Trinajstić information content (AvgIpc) is 3.35. The predicted molar refractivity (Wildman–Crippen MR) is 251 cm³/mol. The van der Waals surface area contributed by atoms with Gasteiger partial charge in [-0.1, -0.05) is 146 Å². The highest BCUT2D eigenvalue weighted by molar-refractivity contribution is 5.92. The lowest BCUT2D eigenvalue weighted by Crippen LogP contribution is -1.92. The van der Waals surface area contributed by atoms with Crippen molar-refractivity contribution in [1.82, 2.24) is 9.97 Å². The van der Waals surface area contributed by atoms with Crippen LogP contribution in [0.5, 0.6) is 0 Å². The summed E-state index contributed by atoms with van der Waals surface area (Å²) in [4.78, 5) is 8.65. The molecule has 0 aliphatic carbocycles. The zero-order valence-electron chi connectivity index (χ0n) is 33.0. The maximum Gasteiger partial charge on any atom is 0.0273 e. The van der Waals surface area contributed by atoms with Crippen LogP contribution in [-0.4, -0.2) is 9.97 Å². The van der Waals surface area contributed by atoms with Gasteiger partial charge in [-0.3, -0.25) is 9.97 Å². The third kappa shape index (κ3) is 7.58. The molecule has 0 saturated heterocycles. The Labute approximate surface area is 351 Å². The van der Waals surface area contributed by atoms with E-state index in [0.29, 0.717) is 0 Å². The highest BCUT2D eigenvalue weighted by atomic mass is 14.6. The van der Waals surface area contributed by atoms with E-state index in [1.165, 1.54) is 44.5 Å². The first-order chi connectivity index (χ1) is 29.7. The molecule has 0 atom stereocenters. The van der Waals surface area contributed by atoms with Crippen LogP contribution in [0.4, 0.5) is 0 Å². The molecule has 0 bridgehead atoms. The monoisotopic (exact) mass is 764 g/mol. The molecular weight excluding hydrogens is 725 g/mol. The second kappa shape index (κ2) is 16.5. The molecule has 0 aliphatic rings. The molecule has 0 radical (unpaired) electrons. The van der Waals surface area contributed by atoms with E-state index < -0.39 is 0 Å². The molecule has 0 fully saturated rings. The summed E-state index contributed by atoms with van der Waals surface area (Å²) in [6, 6.07) is 79.0. The molecule has 2 nitrogen and oxygen atoms in total. The Morgan fingerprint density at radius 3 is 0.750 bits per heavy atom. The Balaban J connectivity index is 1.21. The van der Waals surface area contributed by atoms with Gasteiger partial charge < -0.3 is 0 Å². The van der Waals surface area contributed by atoms with Gasteiger partial charge in [0.2, 0.25) is 0 Å². The van der Waals surface area contributed by atoms with Crippen molar-refractivity contribution in [3.63, 3.8) is 0 Å². The minimum atomic E-state index is 1.12. The normalized spacial score (nSPS) is 11.0. The van der Waals surface area contributed by atoms with Gasteiger partial charge in [-0.2, -0.15) is 0 Å². The van der Waals surface area contributed by atoms with Gasteiger partial charge in [-0.05, 0) is 173 Å². The number of pyridine rings is 2. The molecule has 10 aromatic rings. The van der Waals surface area contributed by atoms with Crippen LogP contribution < -0.4 is 0 Å². The van der Waals surface area contributed by atoms with E-state index in [9.17, 15) is 0 Å².